The number of nitrogens with one attached hydrogen (secondary N) is 1. The third kappa shape index (κ3) is 5.47. The minimum Gasteiger partial charge on any atom is -0.360 e. The van der Waals surface area contributed by atoms with Crippen LogP contribution in [0, 0.1) is 31.6 Å². The van der Waals surface area contributed by atoms with Gasteiger partial charge in [-0.3, -0.25) is 9.69 Å². The van der Waals surface area contributed by atoms with Crippen molar-refractivity contribution in [3.63, 3.8) is 0 Å². The number of sulfonamides is 1. The maximum absolute atomic E-state index is 13.0. The molecule has 2 aliphatic heterocycles. The van der Waals surface area contributed by atoms with E-state index in [-0.39, 0.29) is 16.7 Å². The second-order valence-electron chi connectivity index (χ2n) is 9.61. The summed E-state index contributed by atoms with van der Waals surface area (Å²) in [6, 6.07) is 0. The first-order valence-electron chi connectivity index (χ1n) is 11.5. The Kier molecular flexibility index (Phi) is 7.23. The summed E-state index contributed by atoms with van der Waals surface area (Å²) in [6.07, 6.45) is 2.21. The van der Waals surface area contributed by atoms with Crippen molar-refractivity contribution >= 4 is 32.4 Å². The zero-order valence-corrected chi connectivity index (χ0v) is 21.3. The van der Waals surface area contributed by atoms with Crippen molar-refractivity contribution < 1.29 is 17.7 Å². The molecule has 182 valence electrons. The Labute approximate surface area is 199 Å². The number of hydrogen-bond acceptors (Lipinski definition) is 8. The molecule has 2 aromatic heterocycles. The smallest absolute Gasteiger partial charge is 0.248 e. The molecule has 33 heavy (non-hydrogen) atoms. The van der Waals surface area contributed by atoms with E-state index >= 15 is 0 Å². The SMILES string of the molecule is Cc1noc(C)c1S(=O)(=O)N1CCC(C(=O)Nc2nc(CN3CC(C)CC(C)C3)cs2)CC1. The molecule has 9 nitrogen and oxygen atoms in total. The Balaban J connectivity index is 1.30. The Hall–Kier alpha value is -1.82. The Morgan fingerprint density at radius 1 is 1.21 bits per heavy atom. The summed E-state index contributed by atoms with van der Waals surface area (Å²) >= 11 is 1.44. The zero-order chi connectivity index (χ0) is 23.8. The van der Waals surface area contributed by atoms with Gasteiger partial charge in [0.25, 0.3) is 0 Å². The number of likely N-dealkylation sites (tertiary alicyclic amines) is 1. The molecule has 1 amide bonds. The number of rotatable bonds is 6. The van der Waals surface area contributed by atoms with E-state index in [1.165, 1.54) is 22.1 Å². The largest absolute Gasteiger partial charge is 0.360 e. The molecule has 1 N–H and O–H groups in total. The van der Waals surface area contributed by atoms with Gasteiger partial charge >= 0.3 is 0 Å². The van der Waals surface area contributed by atoms with Gasteiger partial charge in [0, 0.05) is 44.0 Å². The normalized spacial score (nSPS) is 23.6. The third-order valence-electron chi connectivity index (χ3n) is 6.50. The summed E-state index contributed by atoms with van der Waals surface area (Å²) in [5.74, 6) is 1.35. The van der Waals surface area contributed by atoms with Crippen LogP contribution in [-0.4, -0.2) is 59.8 Å². The Bertz CT molecular complexity index is 1060. The van der Waals surface area contributed by atoms with Crippen molar-refractivity contribution in [3.8, 4) is 0 Å². The first-order chi connectivity index (χ1) is 15.6. The first kappa shape index (κ1) is 24.3. The summed E-state index contributed by atoms with van der Waals surface area (Å²) in [5, 5.41) is 9.33. The standard InChI is InChI=1S/C22H33N5O4S2/c1-14-9-15(2)11-26(10-14)12-19-13-32-22(23-19)24-21(28)18-5-7-27(8-6-18)33(29,30)20-16(3)25-31-17(20)4/h13-15,18H,5-12H2,1-4H3,(H,23,24,28). The molecule has 0 bridgehead atoms. The van der Waals surface area contributed by atoms with Gasteiger partial charge in [0.2, 0.25) is 15.9 Å². The molecule has 0 aliphatic carbocycles. The molecule has 2 aromatic rings. The molecule has 4 rings (SSSR count). The van der Waals surface area contributed by atoms with E-state index in [0.717, 1.165) is 25.3 Å². The highest BCUT2D eigenvalue weighted by Crippen LogP contribution is 2.29. The van der Waals surface area contributed by atoms with E-state index in [1.807, 2.05) is 5.38 Å². The van der Waals surface area contributed by atoms with Gasteiger partial charge in [-0.1, -0.05) is 19.0 Å². The lowest BCUT2D eigenvalue weighted by molar-refractivity contribution is -0.120. The molecule has 2 atom stereocenters. The van der Waals surface area contributed by atoms with E-state index < -0.39 is 10.0 Å². The van der Waals surface area contributed by atoms with Gasteiger partial charge in [-0.25, -0.2) is 13.4 Å². The zero-order valence-electron chi connectivity index (χ0n) is 19.7. The molecule has 4 heterocycles. The van der Waals surface area contributed by atoms with Crippen LogP contribution in [0.5, 0.6) is 0 Å². The summed E-state index contributed by atoms with van der Waals surface area (Å²) in [7, 11) is -3.68. The molecule has 0 aromatic carbocycles. The molecule has 2 saturated heterocycles. The molecule has 2 aliphatic rings. The topological polar surface area (TPSA) is 109 Å². The van der Waals surface area contributed by atoms with Crippen molar-refractivity contribution in [2.45, 2.75) is 58.4 Å². The molecule has 0 radical (unpaired) electrons. The fraction of sp³-hybridized carbons (Fsp3) is 0.682. The predicted octanol–water partition coefficient (Wildman–Crippen LogP) is 3.27. The lowest BCUT2D eigenvalue weighted by Crippen LogP contribution is -2.41. The van der Waals surface area contributed by atoms with Crippen LogP contribution in [0.25, 0.3) is 0 Å². The minimum absolute atomic E-state index is 0.0921. The number of aryl methyl sites for hydroxylation is 2. The van der Waals surface area contributed by atoms with Crippen molar-refractivity contribution in [1.29, 1.82) is 0 Å². The van der Waals surface area contributed by atoms with Crippen LogP contribution in [-0.2, 0) is 21.4 Å². The summed E-state index contributed by atoms with van der Waals surface area (Å²) in [5.41, 5.74) is 1.34. The number of piperidine rings is 2. The van der Waals surface area contributed by atoms with Crippen molar-refractivity contribution in [2.24, 2.45) is 17.8 Å². The summed E-state index contributed by atoms with van der Waals surface area (Å²) in [4.78, 5) is 20.0. The molecule has 2 fully saturated rings. The van der Waals surface area contributed by atoms with E-state index in [2.05, 4.69) is 34.2 Å². The Morgan fingerprint density at radius 3 is 2.48 bits per heavy atom. The first-order valence-corrected chi connectivity index (χ1v) is 13.9. The van der Waals surface area contributed by atoms with Crippen molar-refractivity contribution in [2.75, 3.05) is 31.5 Å². The van der Waals surface area contributed by atoms with Crippen LogP contribution in [0.3, 0.4) is 0 Å². The van der Waals surface area contributed by atoms with Gasteiger partial charge in [0.1, 0.15) is 10.6 Å². The molecule has 11 heteroatoms. The van der Waals surface area contributed by atoms with E-state index in [1.54, 1.807) is 13.8 Å². The summed E-state index contributed by atoms with van der Waals surface area (Å²) in [6.45, 7) is 11.4. The monoisotopic (exact) mass is 495 g/mol. The molecule has 0 spiro atoms. The summed E-state index contributed by atoms with van der Waals surface area (Å²) < 4.78 is 32.4. The second-order valence-corrected chi connectivity index (χ2v) is 12.3. The third-order valence-corrected chi connectivity index (χ3v) is 9.45. The number of amides is 1. The van der Waals surface area contributed by atoms with Crippen molar-refractivity contribution in [1.82, 2.24) is 19.3 Å². The Morgan fingerprint density at radius 2 is 1.88 bits per heavy atom. The van der Waals surface area contributed by atoms with Gasteiger partial charge in [-0.15, -0.1) is 11.3 Å². The van der Waals surface area contributed by atoms with Gasteiger partial charge in [-0.2, -0.15) is 4.31 Å². The van der Waals surface area contributed by atoms with E-state index in [0.29, 0.717) is 54.4 Å². The van der Waals surface area contributed by atoms with Crippen LogP contribution >= 0.6 is 11.3 Å². The average molecular weight is 496 g/mol. The quantitative estimate of drug-likeness (QED) is 0.655. The highest BCUT2D eigenvalue weighted by Gasteiger charge is 2.35. The van der Waals surface area contributed by atoms with E-state index in [9.17, 15) is 13.2 Å². The number of carbonyl (C=O) groups excluding carboxylic acids is 1. The average Bonchev–Trinajstić information content (AvgIpc) is 3.32. The lowest BCUT2D eigenvalue weighted by Gasteiger charge is -2.34. The molecular formula is C22H33N5O4S2. The van der Waals surface area contributed by atoms with Crippen LogP contribution < -0.4 is 5.32 Å². The number of carbonyl (C=O) groups is 1. The van der Waals surface area contributed by atoms with Gasteiger partial charge in [-0.05, 0) is 44.9 Å². The fourth-order valence-corrected chi connectivity index (χ4v) is 7.59. The molecule has 0 saturated carbocycles. The molecule has 2 unspecified atom stereocenters. The second kappa shape index (κ2) is 9.81. The van der Waals surface area contributed by atoms with E-state index in [4.69, 9.17) is 4.52 Å². The van der Waals surface area contributed by atoms with Gasteiger partial charge in [0.05, 0.1) is 5.69 Å². The minimum atomic E-state index is -3.68. The number of aromatic nitrogens is 2. The van der Waals surface area contributed by atoms with Crippen molar-refractivity contribution in [3.05, 3.63) is 22.5 Å². The lowest BCUT2D eigenvalue weighted by atomic mass is 9.92. The highest BCUT2D eigenvalue weighted by molar-refractivity contribution is 7.89. The van der Waals surface area contributed by atoms with Crippen LogP contribution in [0.4, 0.5) is 5.13 Å². The fourth-order valence-electron chi connectivity index (χ4n) is 5.13. The number of nitrogens with zero attached hydrogens (tertiary/aromatic N) is 4. The van der Waals surface area contributed by atoms with Crippen LogP contribution in [0.1, 0.15) is 50.3 Å². The number of hydrogen-bond donors (Lipinski definition) is 1. The van der Waals surface area contributed by atoms with Gasteiger partial charge in [0.15, 0.2) is 10.9 Å². The number of anilines is 1. The number of thiazole rings is 1. The molecular weight excluding hydrogens is 462 g/mol. The van der Waals surface area contributed by atoms with Gasteiger partial charge < -0.3 is 9.84 Å². The maximum Gasteiger partial charge on any atom is 0.248 e. The maximum atomic E-state index is 13.0. The highest BCUT2D eigenvalue weighted by atomic mass is 32.2. The predicted molar refractivity (Wildman–Crippen MR) is 126 cm³/mol. The van der Waals surface area contributed by atoms with Crippen LogP contribution in [0.2, 0.25) is 0 Å². The van der Waals surface area contributed by atoms with Crippen LogP contribution in [0.15, 0.2) is 14.8 Å².